The Kier molecular flexibility index (Phi) is 4.51. The van der Waals surface area contributed by atoms with Gasteiger partial charge in [-0.25, -0.2) is 4.98 Å². The van der Waals surface area contributed by atoms with Crippen LogP contribution in [-0.4, -0.2) is 26.8 Å². The molecule has 1 N–H and O–H groups in total. The van der Waals surface area contributed by atoms with Crippen molar-refractivity contribution >= 4 is 5.91 Å². The highest BCUT2D eigenvalue weighted by Crippen LogP contribution is 2.26. The molecule has 1 heterocycles. The Morgan fingerprint density at radius 1 is 1.35 bits per heavy atom. The molecule has 1 aromatic carbocycles. The number of hydrogen-bond donors (Lipinski definition) is 1. The molecule has 0 saturated carbocycles. The van der Waals surface area contributed by atoms with Gasteiger partial charge in [-0.05, 0) is 39.2 Å². The van der Waals surface area contributed by atoms with E-state index in [4.69, 9.17) is 0 Å². The zero-order valence-corrected chi connectivity index (χ0v) is 14.2. The van der Waals surface area contributed by atoms with Crippen molar-refractivity contribution in [3.05, 3.63) is 53.1 Å². The van der Waals surface area contributed by atoms with Gasteiger partial charge in [0.25, 0.3) is 0 Å². The van der Waals surface area contributed by atoms with Gasteiger partial charge in [-0.1, -0.05) is 30.3 Å². The van der Waals surface area contributed by atoms with Crippen LogP contribution in [0.3, 0.4) is 0 Å². The molecule has 3 rings (SSSR count). The lowest BCUT2D eigenvalue weighted by molar-refractivity contribution is -0.138. The Balaban J connectivity index is 1.74. The van der Waals surface area contributed by atoms with Crippen LogP contribution >= 0.6 is 0 Å². The summed E-state index contributed by atoms with van der Waals surface area (Å²) in [6.45, 7) is 6.85. The second-order valence-electron chi connectivity index (χ2n) is 6.73. The van der Waals surface area contributed by atoms with Crippen LogP contribution in [0.25, 0.3) is 0 Å². The molecular formula is C19H25N3O. The molecule has 1 atom stereocenters. The summed E-state index contributed by atoms with van der Waals surface area (Å²) in [6.07, 6.45) is 2.58. The first-order valence-corrected chi connectivity index (χ1v) is 8.43. The van der Waals surface area contributed by atoms with Gasteiger partial charge in [0.05, 0.1) is 5.69 Å². The molecule has 0 spiro atoms. The van der Waals surface area contributed by atoms with Crippen molar-refractivity contribution in [2.24, 2.45) is 5.92 Å². The van der Waals surface area contributed by atoms with Gasteiger partial charge in [0.2, 0.25) is 5.91 Å². The highest BCUT2D eigenvalue weighted by atomic mass is 16.2. The molecule has 1 unspecified atom stereocenters. The quantitative estimate of drug-likeness (QED) is 0.942. The Labute approximate surface area is 137 Å². The largest absolute Gasteiger partial charge is 0.346 e. The maximum atomic E-state index is 13.1. The van der Waals surface area contributed by atoms with E-state index in [0.717, 1.165) is 36.5 Å². The van der Waals surface area contributed by atoms with Gasteiger partial charge in [0.15, 0.2) is 0 Å². The summed E-state index contributed by atoms with van der Waals surface area (Å²) in [5.74, 6) is 1.28. The molecule has 23 heavy (non-hydrogen) atoms. The van der Waals surface area contributed by atoms with E-state index in [9.17, 15) is 4.79 Å². The zero-order valence-electron chi connectivity index (χ0n) is 14.2. The minimum atomic E-state index is 0.0634. The van der Waals surface area contributed by atoms with Crippen LogP contribution in [0.1, 0.15) is 43.0 Å². The van der Waals surface area contributed by atoms with E-state index in [1.54, 1.807) is 0 Å². The summed E-state index contributed by atoms with van der Waals surface area (Å²) in [6, 6.07) is 10.4. The molecule has 4 heteroatoms. The summed E-state index contributed by atoms with van der Waals surface area (Å²) in [5, 5.41) is 0. The van der Waals surface area contributed by atoms with E-state index in [1.165, 1.54) is 5.56 Å². The third kappa shape index (κ3) is 3.46. The molecule has 0 saturated heterocycles. The third-order valence-corrected chi connectivity index (χ3v) is 4.61. The number of carbonyl (C=O) groups is 1. The number of nitrogens with one attached hydrogen (secondary N) is 1. The molecular weight excluding hydrogens is 286 g/mol. The monoisotopic (exact) mass is 311 g/mol. The van der Waals surface area contributed by atoms with Gasteiger partial charge in [0, 0.05) is 30.6 Å². The SMILES string of the molecule is Cc1nc2c([nH]1)CC(C(=O)N(Cc1ccccc1)C(C)C)CC2. The number of imidazole rings is 1. The maximum absolute atomic E-state index is 13.1. The van der Waals surface area contributed by atoms with E-state index in [1.807, 2.05) is 30.0 Å². The summed E-state index contributed by atoms with van der Waals surface area (Å²) in [5.41, 5.74) is 3.48. The van der Waals surface area contributed by atoms with Crippen molar-refractivity contribution in [1.82, 2.24) is 14.9 Å². The first-order valence-electron chi connectivity index (χ1n) is 8.43. The molecule has 4 nitrogen and oxygen atoms in total. The summed E-state index contributed by atoms with van der Waals surface area (Å²) >= 11 is 0. The topological polar surface area (TPSA) is 49.0 Å². The Hall–Kier alpha value is -2.10. The number of rotatable bonds is 4. The molecule has 0 aliphatic heterocycles. The van der Waals surface area contributed by atoms with Gasteiger partial charge in [0.1, 0.15) is 5.82 Å². The Morgan fingerprint density at radius 3 is 2.78 bits per heavy atom. The number of nitrogens with zero attached hydrogens (tertiary/aromatic N) is 2. The second kappa shape index (κ2) is 6.57. The predicted octanol–water partition coefficient (Wildman–Crippen LogP) is 3.26. The molecule has 122 valence electrons. The lowest BCUT2D eigenvalue weighted by Crippen LogP contribution is -2.42. The smallest absolute Gasteiger partial charge is 0.226 e. The van der Waals surface area contributed by atoms with Crippen molar-refractivity contribution in [3.63, 3.8) is 0 Å². The first-order chi connectivity index (χ1) is 11.0. The zero-order chi connectivity index (χ0) is 16.4. The molecule has 1 aliphatic carbocycles. The van der Waals surface area contributed by atoms with Gasteiger partial charge >= 0.3 is 0 Å². The van der Waals surface area contributed by atoms with Crippen LogP contribution in [0.2, 0.25) is 0 Å². The fourth-order valence-corrected chi connectivity index (χ4v) is 3.36. The Morgan fingerprint density at radius 2 is 2.09 bits per heavy atom. The molecule has 1 aromatic heterocycles. The van der Waals surface area contributed by atoms with Crippen LogP contribution in [0, 0.1) is 12.8 Å². The number of aromatic amines is 1. The molecule has 0 radical (unpaired) electrons. The van der Waals surface area contributed by atoms with Gasteiger partial charge < -0.3 is 9.88 Å². The number of carbonyl (C=O) groups excluding carboxylic acids is 1. The van der Waals surface area contributed by atoms with Gasteiger partial charge in [-0.2, -0.15) is 0 Å². The molecule has 2 aromatic rings. The number of hydrogen-bond acceptors (Lipinski definition) is 2. The highest BCUT2D eigenvalue weighted by molar-refractivity contribution is 5.79. The normalized spacial score (nSPS) is 17.1. The molecule has 0 fully saturated rings. The number of aromatic nitrogens is 2. The van der Waals surface area contributed by atoms with E-state index < -0.39 is 0 Å². The number of aryl methyl sites for hydroxylation is 2. The standard InChI is InChI=1S/C19H25N3O/c1-13(2)22(12-15-7-5-4-6-8-15)19(23)16-9-10-17-18(11-16)21-14(3)20-17/h4-8,13,16H,9-12H2,1-3H3,(H,20,21). The lowest BCUT2D eigenvalue weighted by atomic mass is 9.88. The highest BCUT2D eigenvalue weighted by Gasteiger charge is 2.31. The van der Waals surface area contributed by atoms with E-state index >= 15 is 0 Å². The van der Waals surface area contributed by atoms with Gasteiger partial charge in [-0.3, -0.25) is 4.79 Å². The number of H-pyrrole nitrogens is 1. The van der Waals surface area contributed by atoms with Crippen LogP contribution in [0.4, 0.5) is 0 Å². The summed E-state index contributed by atoms with van der Waals surface area (Å²) in [7, 11) is 0. The molecule has 0 bridgehead atoms. The van der Waals surface area contributed by atoms with Crippen molar-refractivity contribution in [2.45, 2.75) is 52.6 Å². The van der Waals surface area contributed by atoms with Gasteiger partial charge in [-0.15, -0.1) is 0 Å². The first kappa shape index (κ1) is 15.8. The Bertz CT molecular complexity index is 675. The summed E-state index contributed by atoms with van der Waals surface area (Å²) < 4.78 is 0. The van der Waals surface area contributed by atoms with Crippen molar-refractivity contribution < 1.29 is 4.79 Å². The number of benzene rings is 1. The molecule has 1 amide bonds. The summed E-state index contributed by atoms with van der Waals surface area (Å²) in [4.78, 5) is 22.9. The van der Waals surface area contributed by atoms with E-state index in [-0.39, 0.29) is 17.9 Å². The van der Waals surface area contributed by atoms with Crippen LogP contribution in [0.15, 0.2) is 30.3 Å². The van der Waals surface area contributed by atoms with Crippen LogP contribution < -0.4 is 0 Å². The fraction of sp³-hybridized carbons (Fsp3) is 0.474. The van der Waals surface area contributed by atoms with E-state index in [0.29, 0.717) is 6.54 Å². The van der Waals surface area contributed by atoms with Crippen LogP contribution in [0.5, 0.6) is 0 Å². The van der Waals surface area contributed by atoms with E-state index in [2.05, 4.69) is 35.9 Å². The van der Waals surface area contributed by atoms with Crippen LogP contribution in [-0.2, 0) is 24.2 Å². The number of fused-ring (bicyclic) bond motifs is 1. The minimum absolute atomic E-state index is 0.0634. The van der Waals surface area contributed by atoms with Crippen molar-refractivity contribution in [2.75, 3.05) is 0 Å². The third-order valence-electron chi connectivity index (χ3n) is 4.61. The average molecular weight is 311 g/mol. The average Bonchev–Trinajstić information content (AvgIpc) is 2.91. The van der Waals surface area contributed by atoms with Crippen molar-refractivity contribution in [1.29, 1.82) is 0 Å². The second-order valence-corrected chi connectivity index (χ2v) is 6.73. The number of amides is 1. The fourth-order valence-electron chi connectivity index (χ4n) is 3.36. The predicted molar refractivity (Wildman–Crippen MR) is 91.0 cm³/mol. The van der Waals surface area contributed by atoms with Crippen molar-refractivity contribution in [3.8, 4) is 0 Å². The molecule has 1 aliphatic rings. The minimum Gasteiger partial charge on any atom is -0.346 e. The maximum Gasteiger partial charge on any atom is 0.226 e. The lowest BCUT2D eigenvalue weighted by Gasteiger charge is -2.32.